The molecule has 0 aliphatic rings. The van der Waals surface area contributed by atoms with Crippen LogP contribution >= 0.6 is 0 Å². The second kappa shape index (κ2) is 6.51. The van der Waals surface area contributed by atoms with Crippen molar-refractivity contribution in [3.63, 3.8) is 0 Å². The van der Waals surface area contributed by atoms with Crippen molar-refractivity contribution in [1.82, 2.24) is 10.6 Å². The maximum absolute atomic E-state index is 13.4. The molecular weight excluding hydrogens is 282 g/mol. The molecule has 0 aromatic heterocycles. The standard InChI is InChI=1S/C14H18F2N2O3/c1-14(2,3)11(12(19)20)18-13(21)17-7-8-6-9(15)4-5-10(8)16/h4-6,11H,7H2,1-3H3,(H,19,20)(H2,17,18,21)/t11-/m1/s1. The van der Waals surface area contributed by atoms with Crippen LogP contribution in [0, 0.1) is 17.0 Å². The van der Waals surface area contributed by atoms with Crippen LogP contribution in [-0.2, 0) is 11.3 Å². The third kappa shape index (κ3) is 5.02. The summed E-state index contributed by atoms with van der Waals surface area (Å²) >= 11 is 0. The Morgan fingerprint density at radius 2 is 1.90 bits per heavy atom. The van der Waals surface area contributed by atoms with Gasteiger partial charge < -0.3 is 15.7 Å². The lowest BCUT2D eigenvalue weighted by Gasteiger charge is -2.27. The Hall–Kier alpha value is -2.18. The van der Waals surface area contributed by atoms with Crippen LogP contribution < -0.4 is 10.6 Å². The number of carboxylic acid groups (broad SMARTS) is 1. The molecule has 2 amide bonds. The molecule has 1 atom stereocenters. The van der Waals surface area contributed by atoms with Gasteiger partial charge in [-0.05, 0) is 23.6 Å². The maximum Gasteiger partial charge on any atom is 0.326 e. The smallest absolute Gasteiger partial charge is 0.326 e. The van der Waals surface area contributed by atoms with Gasteiger partial charge in [0.2, 0.25) is 0 Å². The van der Waals surface area contributed by atoms with E-state index >= 15 is 0 Å². The Morgan fingerprint density at radius 3 is 2.43 bits per heavy atom. The zero-order chi connectivity index (χ0) is 16.2. The third-order valence-corrected chi connectivity index (χ3v) is 2.84. The third-order valence-electron chi connectivity index (χ3n) is 2.84. The number of urea groups is 1. The molecule has 0 spiro atoms. The predicted molar refractivity (Wildman–Crippen MR) is 72.6 cm³/mol. The van der Waals surface area contributed by atoms with Crippen molar-refractivity contribution in [1.29, 1.82) is 0 Å². The molecule has 5 nitrogen and oxygen atoms in total. The molecule has 21 heavy (non-hydrogen) atoms. The largest absolute Gasteiger partial charge is 0.480 e. The number of carboxylic acids is 1. The van der Waals surface area contributed by atoms with E-state index in [1.54, 1.807) is 20.8 Å². The van der Waals surface area contributed by atoms with Crippen LogP contribution in [0.5, 0.6) is 0 Å². The Morgan fingerprint density at radius 1 is 1.29 bits per heavy atom. The number of hydrogen-bond acceptors (Lipinski definition) is 2. The molecule has 116 valence electrons. The number of benzene rings is 1. The summed E-state index contributed by atoms with van der Waals surface area (Å²) in [5, 5.41) is 13.7. The topological polar surface area (TPSA) is 78.4 Å². The fourth-order valence-electron chi connectivity index (χ4n) is 1.69. The number of carbonyl (C=O) groups excluding carboxylic acids is 1. The summed E-state index contributed by atoms with van der Waals surface area (Å²) in [6, 6.07) is 1.03. The number of amides is 2. The molecule has 0 saturated carbocycles. The summed E-state index contributed by atoms with van der Waals surface area (Å²) in [6.07, 6.45) is 0. The lowest BCUT2D eigenvalue weighted by Crippen LogP contribution is -2.52. The second-order valence-corrected chi connectivity index (χ2v) is 5.70. The van der Waals surface area contributed by atoms with Crippen molar-refractivity contribution in [2.24, 2.45) is 5.41 Å². The van der Waals surface area contributed by atoms with Gasteiger partial charge in [-0.25, -0.2) is 18.4 Å². The SMILES string of the molecule is CC(C)(C)[C@H](NC(=O)NCc1cc(F)ccc1F)C(=O)O. The number of hydrogen-bond donors (Lipinski definition) is 3. The highest BCUT2D eigenvalue weighted by molar-refractivity contribution is 5.83. The average Bonchev–Trinajstić information content (AvgIpc) is 2.35. The summed E-state index contributed by atoms with van der Waals surface area (Å²) in [5.41, 5.74) is -0.708. The van der Waals surface area contributed by atoms with Gasteiger partial charge in [0.25, 0.3) is 0 Å². The van der Waals surface area contributed by atoms with E-state index in [-0.39, 0.29) is 12.1 Å². The Kier molecular flexibility index (Phi) is 5.23. The maximum atomic E-state index is 13.4. The molecule has 0 radical (unpaired) electrons. The molecule has 1 rings (SSSR count). The first-order valence-electron chi connectivity index (χ1n) is 6.32. The van der Waals surface area contributed by atoms with Crippen LogP contribution in [0.2, 0.25) is 0 Å². The molecule has 0 heterocycles. The second-order valence-electron chi connectivity index (χ2n) is 5.70. The van der Waals surface area contributed by atoms with Gasteiger partial charge in [-0.15, -0.1) is 0 Å². The minimum atomic E-state index is -1.17. The lowest BCUT2D eigenvalue weighted by molar-refractivity contribution is -0.141. The Labute approximate surface area is 121 Å². The number of carbonyl (C=O) groups is 2. The van der Waals surface area contributed by atoms with Gasteiger partial charge in [-0.1, -0.05) is 20.8 Å². The molecule has 3 N–H and O–H groups in total. The van der Waals surface area contributed by atoms with Crippen molar-refractivity contribution in [2.45, 2.75) is 33.4 Å². The van der Waals surface area contributed by atoms with Crippen molar-refractivity contribution in [2.75, 3.05) is 0 Å². The van der Waals surface area contributed by atoms with Crippen LogP contribution in [0.15, 0.2) is 18.2 Å². The highest BCUT2D eigenvalue weighted by Gasteiger charge is 2.32. The van der Waals surface area contributed by atoms with Crippen molar-refractivity contribution < 1.29 is 23.5 Å². The fourth-order valence-corrected chi connectivity index (χ4v) is 1.69. The Balaban J connectivity index is 2.65. The van der Waals surface area contributed by atoms with E-state index < -0.39 is 35.1 Å². The van der Waals surface area contributed by atoms with Crippen molar-refractivity contribution in [3.05, 3.63) is 35.4 Å². The minimum absolute atomic E-state index is 0.0206. The lowest BCUT2D eigenvalue weighted by atomic mass is 9.87. The monoisotopic (exact) mass is 300 g/mol. The van der Waals surface area contributed by atoms with Gasteiger partial charge in [0, 0.05) is 12.1 Å². The van der Waals surface area contributed by atoms with Crippen LogP contribution in [0.4, 0.5) is 13.6 Å². The fraction of sp³-hybridized carbons (Fsp3) is 0.429. The zero-order valence-electron chi connectivity index (χ0n) is 12.0. The van der Waals surface area contributed by atoms with Crippen molar-refractivity contribution in [3.8, 4) is 0 Å². The summed E-state index contributed by atoms with van der Waals surface area (Å²) in [6.45, 7) is 4.75. The number of nitrogens with one attached hydrogen (secondary N) is 2. The normalized spacial score (nSPS) is 12.6. The molecule has 0 unspecified atom stereocenters. The van der Waals surface area contributed by atoms with Gasteiger partial charge >= 0.3 is 12.0 Å². The highest BCUT2D eigenvalue weighted by Crippen LogP contribution is 2.19. The van der Waals surface area contributed by atoms with E-state index in [1.165, 1.54) is 0 Å². The van der Waals surface area contributed by atoms with E-state index in [0.29, 0.717) is 0 Å². The van der Waals surface area contributed by atoms with Crippen molar-refractivity contribution >= 4 is 12.0 Å². The summed E-state index contributed by atoms with van der Waals surface area (Å²) in [7, 11) is 0. The molecule has 0 bridgehead atoms. The summed E-state index contributed by atoms with van der Waals surface area (Å²) in [5.74, 6) is -2.44. The van der Waals surface area contributed by atoms with Crippen LogP contribution in [0.3, 0.4) is 0 Å². The summed E-state index contributed by atoms with van der Waals surface area (Å²) in [4.78, 5) is 22.8. The first-order chi connectivity index (χ1) is 9.61. The zero-order valence-corrected chi connectivity index (χ0v) is 12.0. The molecule has 1 aromatic carbocycles. The van der Waals surface area contributed by atoms with Gasteiger partial charge in [-0.3, -0.25) is 0 Å². The molecule has 0 saturated heterocycles. The van der Waals surface area contributed by atoms with Crippen LogP contribution in [0.25, 0.3) is 0 Å². The number of aliphatic carboxylic acids is 1. The summed E-state index contributed by atoms with van der Waals surface area (Å²) < 4.78 is 26.3. The minimum Gasteiger partial charge on any atom is -0.480 e. The van der Waals surface area contributed by atoms with Crippen LogP contribution in [-0.4, -0.2) is 23.1 Å². The average molecular weight is 300 g/mol. The number of halogens is 2. The van der Waals surface area contributed by atoms with Gasteiger partial charge in [0.05, 0.1) is 0 Å². The highest BCUT2D eigenvalue weighted by atomic mass is 19.1. The van der Waals surface area contributed by atoms with Crippen LogP contribution in [0.1, 0.15) is 26.3 Å². The predicted octanol–water partition coefficient (Wildman–Crippen LogP) is 2.26. The molecular formula is C14H18F2N2O3. The van der Waals surface area contributed by atoms with Gasteiger partial charge in [0.1, 0.15) is 17.7 Å². The Bertz CT molecular complexity index is 542. The number of rotatable bonds is 4. The van der Waals surface area contributed by atoms with Gasteiger partial charge in [0.15, 0.2) is 0 Å². The van der Waals surface area contributed by atoms with E-state index in [9.17, 15) is 18.4 Å². The van der Waals surface area contributed by atoms with E-state index in [2.05, 4.69) is 10.6 Å². The first kappa shape index (κ1) is 16.9. The van der Waals surface area contributed by atoms with E-state index in [1.807, 2.05) is 0 Å². The molecule has 0 aliphatic heterocycles. The molecule has 0 aliphatic carbocycles. The van der Waals surface area contributed by atoms with Gasteiger partial charge in [-0.2, -0.15) is 0 Å². The molecule has 0 fully saturated rings. The van der Waals surface area contributed by atoms with E-state index in [4.69, 9.17) is 5.11 Å². The quantitative estimate of drug-likeness (QED) is 0.798. The first-order valence-corrected chi connectivity index (χ1v) is 6.32. The molecule has 7 heteroatoms. The van der Waals surface area contributed by atoms with E-state index in [0.717, 1.165) is 18.2 Å². The molecule has 1 aromatic rings.